The second kappa shape index (κ2) is 8.48. The van der Waals surface area contributed by atoms with Gasteiger partial charge in [-0.3, -0.25) is 4.79 Å². The standard InChI is InChI=1S/C19H20F3N3O3S2/c1-24(2)30(27,28)15-6-7-17-16(11-15)25(8-9-29-17)12-18(26)23-14-5-3-4-13(10-14)19(20,21)22/h3-7,10-11H,8-9,12H2,1-2H3,(H,23,26). The first kappa shape index (κ1) is 22.4. The number of hydrogen-bond acceptors (Lipinski definition) is 5. The molecule has 1 N–H and O–H groups in total. The fourth-order valence-electron chi connectivity index (χ4n) is 2.94. The summed E-state index contributed by atoms with van der Waals surface area (Å²) in [4.78, 5) is 15.1. The SMILES string of the molecule is CN(C)S(=O)(=O)c1ccc2c(c1)N(CC(=O)Nc1cccc(C(F)(F)F)c1)CCS2. The molecule has 0 aromatic heterocycles. The molecule has 3 rings (SSSR count). The number of carbonyl (C=O) groups is 1. The van der Waals surface area contributed by atoms with E-state index in [1.165, 1.54) is 38.4 Å². The van der Waals surface area contributed by atoms with Crippen LogP contribution in [0.4, 0.5) is 24.5 Å². The normalized spacial score (nSPS) is 14.5. The number of anilines is 2. The Morgan fingerprint density at radius 3 is 2.60 bits per heavy atom. The van der Waals surface area contributed by atoms with E-state index in [1.807, 2.05) is 0 Å². The summed E-state index contributed by atoms with van der Waals surface area (Å²) in [7, 11) is -0.771. The van der Waals surface area contributed by atoms with E-state index in [0.29, 0.717) is 18.0 Å². The van der Waals surface area contributed by atoms with Crippen LogP contribution in [0.5, 0.6) is 0 Å². The van der Waals surface area contributed by atoms with Crippen molar-refractivity contribution in [2.75, 3.05) is 43.2 Å². The zero-order valence-corrected chi connectivity index (χ0v) is 17.9. The Morgan fingerprint density at radius 1 is 1.20 bits per heavy atom. The van der Waals surface area contributed by atoms with Crippen LogP contribution in [-0.2, 0) is 21.0 Å². The van der Waals surface area contributed by atoms with Crippen LogP contribution < -0.4 is 10.2 Å². The minimum atomic E-state index is -4.50. The first-order chi connectivity index (χ1) is 14.0. The molecular formula is C19H20F3N3O3S2. The highest BCUT2D eigenvalue weighted by molar-refractivity contribution is 7.99. The summed E-state index contributed by atoms with van der Waals surface area (Å²) in [5.74, 6) is 0.205. The number of nitrogens with one attached hydrogen (secondary N) is 1. The van der Waals surface area contributed by atoms with Crippen molar-refractivity contribution in [3.05, 3.63) is 48.0 Å². The maximum atomic E-state index is 12.9. The molecule has 1 amide bonds. The maximum Gasteiger partial charge on any atom is 0.416 e. The van der Waals surface area contributed by atoms with Crippen molar-refractivity contribution in [2.45, 2.75) is 16.0 Å². The number of carbonyl (C=O) groups excluding carboxylic acids is 1. The minimum Gasteiger partial charge on any atom is -0.360 e. The van der Waals surface area contributed by atoms with Crippen LogP contribution in [0.2, 0.25) is 0 Å². The molecule has 0 saturated carbocycles. The minimum absolute atomic E-state index is 0.0466. The fraction of sp³-hybridized carbons (Fsp3) is 0.316. The summed E-state index contributed by atoms with van der Waals surface area (Å²) in [5.41, 5.74) is -0.197. The van der Waals surface area contributed by atoms with Gasteiger partial charge >= 0.3 is 6.18 Å². The lowest BCUT2D eigenvalue weighted by molar-refractivity contribution is -0.137. The number of amides is 1. The van der Waals surface area contributed by atoms with Crippen molar-refractivity contribution >= 4 is 39.1 Å². The van der Waals surface area contributed by atoms with Gasteiger partial charge in [-0.1, -0.05) is 6.07 Å². The van der Waals surface area contributed by atoms with Gasteiger partial charge in [-0.25, -0.2) is 12.7 Å². The van der Waals surface area contributed by atoms with Crippen molar-refractivity contribution in [3.63, 3.8) is 0 Å². The summed E-state index contributed by atoms with van der Waals surface area (Å²) in [6.07, 6.45) is -4.50. The van der Waals surface area contributed by atoms with Crippen LogP contribution in [0.1, 0.15) is 5.56 Å². The Bertz CT molecular complexity index is 1060. The third-order valence-electron chi connectivity index (χ3n) is 4.48. The number of halogens is 3. The van der Waals surface area contributed by atoms with Crippen LogP contribution in [0.25, 0.3) is 0 Å². The molecule has 0 radical (unpaired) electrons. The summed E-state index contributed by atoms with van der Waals surface area (Å²) in [5, 5.41) is 2.48. The highest BCUT2D eigenvalue weighted by Gasteiger charge is 2.30. The lowest BCUT2D eigenvalue weighted by atomic mass is 10.2. The molecule has 2 aromatic rings. The molecule has 11 heteroatoms. The monoisotopic (exact) mass is 459 g/mol. The number of nitrogens with zero attached hydrogens (tertiary/aromatic N) is 2. The number of rotatable bonds is 5. The van der Waals surface area contributed by atoms with Gasteiger partial charge in [0.05, 0.1) is 22.7 Å². The van der Waals surface area contributed by atoms with E-state index in [4.69, 9.17) is 0 Å². The zero-order chi connectivity index (χ0) is 22.1. The second-order valence-corrected chi connectivity index (χ2v) is 10.1. The number of alkyl halides is 3. The van der Waals surface area contributed by atoms with Crippen molar-refractivity contribution in [2.24, 2.45) is 0 Å². The molecule has 0 aliphatic carbocycles. The molecule has 0 unspecified atom stereocenters. The lowest BCUT2D eigenvalue weighted by Gasteiger charge is -2.31. The molecule has 0 bridgehead atoms. The third kappa shape index (κ3) is 4.90. The topological polar surface area (TPSA) is 69.7 Å². The quantitative estimate of drug-likeness (QED) is 0.741. The summed E-state index contributed by atoms with van der Waals surface area (Å²) in [6, 6.07) is 9.16. The molecule has 6 nitrogen and oxygen atoms in total. The summed E-state index contributed by atoms with van der Waals surface area (Å²) in [6.45, 7) is 0.383. The Kier molecular flexibility index (Phi) is 6.34. The van der Waals surface area contributed by atoms with E-state index in [-0.39, 0.29) is 17.1 Å². The van der Waals surface area contributed by atoms with Gasteiger partial charge in [0.25, 0.3) is 0 Å². The fourth-order valence-corrected chi connectivity index (χ4v) is 4.89. The molecule has 162 valence electrons. The van der Waals surface area contributed by atoms with Crippen molar-refractivity contribution in [1.82, 2.24) is 4.31 Å². The summed E-state index contributed by atoms with van der Waals surface area (Å²) >= 11 is 1.55. The Hall–Kier alpha value is -2.24. The first-order valence-corrected chi connectivity index (χ1v) is 11.3. The van der Waals surface area contributed by atoms with Crippen LogP contribution in [0, 0.1) is 0 Å². The predicted octanol–water partition coefficient (Wildman–Crippen LogP) is 3.51. The van der Waals surface area contributed by atoms with E-state index in [9.17, 15) is 26.4 Å². The van der Waals surface area contributed by atoms with Gasteiger partial charge in [-0.2, -0.15) is 13.2 Å². The maximum absolute atomic E-state index is 12.9. The van der Waals surface area contributed by atoms with E-state index < -0.39 is 27.7 Å². The van der Waals surface area contributed by atoms with Crippen molar-refractivity contribution in [3.8, 4) is 0 Å². The van der Waals surface area contributed by atoms with Gasteiger partial charge < -0.3 is 10.2 Å². The first-order valence-electron chi connectivity index (χ1n) is 8.90. The molecule has 1 heterocycles. The predicted molar refractivity (Wildman–Crippen MR) is 110 cm³/mol. The van der Waals surface area contributed by atoms with Crippen LogP contribution in [0.15, 0.2) is 52.3 Å². The molecule has 0 saturated heterocycles. The number of sulfonamides is 1. The van der Waals surface area contributed by atoms with Crippen LogP contribution in [0.3, 0.4) is 0 Å². The summed E-state index contributed by atoms with van der Waals surface area (Å²) < 4.78 is 64.5. The molecule has 0 spiro atoms. The van der Waals surface area contributed by atoms with Gasteiger partial charge in [0.2, 0.25) is 15.9 Å². The van der Waals surface area contributed by atoms with Gasteiger partial charge in [-0.15, -0.1) is 11.8 Å². The highest BCUT2D eigenvalue weighted by atomic mass is 32.2. The smallest absolute Gasteiger partial charge is 0.360 e. The molecule has 0 atom stereocenters. The zero-order valence-electron chi connectivity index (χ0n) is 16.2. The van der Waals surface area contributed by atoms with Crippen LogP contribution in [-0.4, -0.2) is 51.6 Å². The van der Waals surface area contributed by atoms with Crippen molar-refractivity contribution < 1.29 is 26.4 Å². The highest BCUT2D eigenvalue weighted by Crippen LogP contribution is 2.36. The molecule has 1 aliphatic rings. The lowest BCUT2D eigenvalue weighted by Crippen LogP contribution is -2.37. The van der Waals surface area contributed by atoms with Gasteiger partial charge in [-0.05, 0) is 36.4 Å². The Balaban J connectivity index is 1.80. The average Bonchev–Trinajstić information content (AvgIpc) is 2.67. The number of thioether (sulfide) groups is 1. The Labute approximate surface area is 177 Å². The molecular weight excluding hydrogens is 439 g/mol. The van der Waals surface area contributed by atoms with Gasteiger partial charge in [0.15, 0.2) is 0 Å². The van der Waals surface area contributed by atoms with E-state index in [2.05, 4.69) is 5.32 Å². The van der Waals surface area contributed by atoms with Gasteiger partial charge in [0.1, 0.15) is 0 Å². The third-order valence-corrected chi connectivity index (χ3v) is 7.33. The van der Waals surface area contributed by atoms with Crippen molar-refractivity contribution in [1.29, 1.82) is 0 Å². The molecule has 0 fully saturated rings. The largest absolute Gasteiger partial charge is 0.416 e. The van der Waals surface area contributed by atoms with Gasteiger partial charge in [0, 0.05) is 37.0 Å². The number of fused-ring (bicyclic) bond motifs is 1. The van der Waals surface area contributed by atoms with E-state index in [1.54, 1.807) is 22.7 Å². The number of hydrogen-bond donors (Lipinski definition) is 1. The molecule has 30 heavy (non-hydrogen) atoms. The van der Waals surface area contributed by atoms with Crippen LogP contribution >= 0.6 is 11.8 Å². The molecule has 2 aromatic carbocycles. The average molecular weight is 460 g/mol. The van der Waals surface area contributed by atoms with E-state index in [0.717, 1.165) is 21.3 Å². The molecule has 1 aliphatic heterocycles. The number of benzene rings is 2. The van der Waals surface area contributed by atoms with E-state index >= 15 is 0 Å². The second-order valence-electron chi connectivity index (χ2n) is 6.81. The Morgan fingerprint density at radius 2 is 1.93 bits per heavy atom.